The molecule has 0 atom stereocenters. The van der Waals surface area contributed by atoms with Crippen LogP contribution in [0.3, 0.4) is 0 Å². The summed E-state index contributed by atoms with van der Waals surface area (Å²) in [5.41, 5.74) is 5.40. The molecule has 0 fully saturated rings. The fourth-order valence-corrected chi connectivity index (χ4v) is 5.34. The zero-order valence-electron chi connectivity index (χ0n) is 23.2. The van der Waals surface area contributed by atoms with E-state index in [0.29, 0.717) is 44.0 Å². The van der Waals surface area contributed by atoms with Gasteiger partial charge >= 0.3 is 5.97 Å². The van der Waals surface area contributed by atoms with Gasteiger partial charge in [-0.1, -0.05) is 54.6 Å². The maximum atomic E-state index is 13.0. The topological polar surface area (TPSA) is 98.6 Å². The van der Waals surface area contributed by atoms with Crippen molar-refractivity contribution in [1.82, 2.24) is 14.8 Å². The van der Waals surface area contributed by atoms with E-state index in [1.54, 1.807) is 14.0 Å². The number of esters is 1. The van der Waals surface area contributed by atoms with Gasteiger partial charge in [-0.25, -0.2) is 4.79 Å². The summed E-state index contributed by atoms with van der Waals surface area (Å²) in [4.78, 5) is 16.4. The van der Waals surface area contributed by atoms with Crippen LogP contribution in [0.4, 0.5) is 0 Å². The first-order valence-corrected chi connectivity index (χ1v) is 13.6. The number of aromatic nitrogens is 3. The van der Waals surface area contributed by atoms with Crippen LogP contribution in [-0.4, -0.2) is 52.8 Å². The molecule has 208 valence electrons. The number of aromatic amines is 1. The number of benzene rings is 3. The summed E-state index contributed by atoms with van der Waals surface area (Å²) in [5, 5.41) is 17.9. The summed E-state index contributed by atoms with van der Waals surface area (Å²) in [6.45, 7) is 5.46. The number of aliphatic hydroxyl groups excluding tert-OH is 1. The third-order valence-electron chi connectivity index (χ3n) is 7.20. The third kappa shape index (κ3) is 5.33. The van der Waals surface area contributed by atoms with Crippen LogP contribution in [0.5, 0.6) is 5.75 Å². The van der Waals surface area contributed by atoms with Gasteiger partial charge in [0.2, 0.25) is 0 Å². The molecule has 40 heavy (non-hydrogen) atoms. The van der Waals surface area contributed by atoms with Gasteiger partial charge in [0.05, 0.1) is 44.2 Å². The van der Waals surface area contributed by atoms with Crippen LogP contribution in [-0.2, 0) is 29.0 Å². The first kappa shape index (κ1) is 27.4. The summed E-state index contributed by atoms with van der Waals surface area (Å²) in [6, 6.07) is 20.2. The van der Waals surface area contributed by atoms with Gasteiger partial charge in [0.1, 0.15) is 11.4 Å². The highest BCUT2D eigenvalue weighted by molar-refractivity contribution is 6.04. The molecule has 0 spiro atoms. The Hall–Kier alpha value is -4.14. The lowest BCUT2D eigenvalue weighted by Crippen LogP contribution is -2.09. The van der Waals surface area contributed by atoms with Crippen LogP contribution in [0, 0.1) is 6.92 Å². The lowest BCUT2D eigenvalue weighted by Gasteiger charge is -2.10. The maximum Gasteiger partial charge on any atom is 0.355 e. The van der Waals surface area contributed by atoms with Crippen LogP contribution in [0.15, 0.2) is 60.7 Å². The number of carbonyl (C=O) groups excluding carboxylic acids is 1. The normalized spacial score (nSPS) is 11.4. The van der Waals surface area contributed by atoms with Gasteiger partial charge in [0, 0.05) is 34.7 Å². The number of aryl methyl sites for hydroxylation is 1. The molecular weight excluding hydrogens is 506 g/mol. The van der Waals surface area contributed by atoms with Gasteiger partial charge in [-0.2, -0.15) is 5.10 Å². The van der Waals surface area contributed by atoms with E-state index in [0.717, 1.165) is 49.8 Å². The number of nitrogens with zero attached hydrogens (tertiary/aromatic N) is 2. The predicted molar refractivity (Wildman–Crippen MR) is 156 cm³/mol. The van der Waals surface area contributed by atoms with Crippen LogP contribution in [0.1, 0.15) is 40.8 Å². The molecule has 0 aliphatic rings. The predicted octanol–water partition coefficient (Wildman–Crippen LogP) is 5.82. The number of hydrogen-bond donors (Lipinski definition) is 2. The van der Waals surface area contributed by atoms with Crippen molar-refractivity contribution in [1.29, 1.82) is 0 Å². The SMILES string of the molecule is CCOC(=O)c1[nH]c2c(-c3c(CO)nn(CCOC)c3C)cccc2c1CCCOc1cccc2ccccc12. The molecule has 8 heteroatoms. The van der Waals surface area contributed by atoms with Crippen LogP contribution >= 0.6 is 0 Å². The molecule has 2 aromatic heterocycles. The van der Waals surface area contributed by atoms with Gasteiger partial charge < -0.3 is 24.3 Å². The molecule has 0 saturated heterocycles. The van der Waals surface area contributed by atoms with Crippen LogP contribution in [0.2, 0.25) is 0 Å². The maximum absolute atomic E-state index is 13.0. The zero-order valence-corrected chi connectivity index (χ0v) is 23.2. The van der Waals surface area contributed by atoms with Crippen molar-refractivity contribution in [3.63, 3.8) is 0 Å². The molecule has 0 unspecified atom stereocenters. The molecule has 2 heterocycles. The number of methoxy groups -OCH3 is 1. The Labute approximate surface area is 233 Å². The van der Waals surface area contributed by atoms with Crippen molar-refractivity contribution in [2.24, 2.45) is 0 Å². The zero-order chi connectivity index (χ0) is 28.1. The van der Waals surface area contributed by atoms with Crippen molar-refractivity contribution in [3.8, 4) is 16.9 Å². The van der Waals surface area contributed by atoms with Crippen molar-refractivity contribution < 1.29 is 24.1 Å². The molecule has 0 saturated carbocycles. The minimum absolute atomic E-state index is 0.198. The number of carbonyl (C=O) groups is 1. The number of hydrogen-bond acceptors (Lipinski definition) is 6. The second kappa shape index (κ2) is 12.4. The van der Waals surface area contributed by atoms with Crippen molar-refractivity contribution in [2.75, 3.05) is 26.9 Å². The number of H-pyrrole nitrogens is 1. The summed E-state index contributed by atoms with van der Waals surface area (Å²) >= 11 is 0. The average molecular weight is 542 g/mol. The van der Waals surface area contributed by atoms with E-state index in [1.807, 2.05) is 54.1 Å². The van der Waals surface area contributed by atoms with E-state index in [4.69, 9.17) is 14.2 Å². The van der Waals surface area contributed by atoms with Crippen molar-refractivity contribution in [3.05, 3.63) is 83.3 Å². The molecular formula is C32H35N3O5. The Balaban J connectivity index is 1.47. The van der Waals surface area contributed by atoms with E-state index < -0.39 is 0 Å². The van der Waals surface area contributed by atoms with Gasteiger partial charge in [-0.05, 0) is 43.7 Å². The van der Waals surface area contributed by atoms with Crippen molar-refractivity contribution in [2.45, 2.75) is 39.8 Å². The summed E-state index contributed by atoms with van der Waals surface area (Å²) in [6.07, 6.45) is 1.34. The lowest BCUT2D eigenvalue weighted by atomic mass is 9.98. The number of ether oxygens (including phenoxy) is 3. The Morgan fingerprint density at radius 2 is 1.80 bits per heavy atom. The Morgan fingerprint density at radius 1 is 1.02 bits per heavy atom. The first-order valence-electron chi connectivity index (χ1n) is 13.6. The quantitative estimate of drug-likeness (QED) is 0.153. The summed E-state index contributed by atoms with van der Waals surface area (Å²) in [7, 11) is 1.65. The Morgan fingerprint density at radius 3 is 2.60 bits per heavy atom. The van der Waals surface area contributed by atoms with Gasteiger partial charge in [-0.3, -0.25) is 4.68 Å². The van der Waals surface area contributed by atoms with E-state index in [2.05, 4.69) is 28.3 Å². The Kier molecular flexibility index (Phi) is 8.48. The third-order valence-corrected chi connectivity index (χ3v) is 7.20. The lowest BCUT2D eigenvalue weighted by molar-refractivity contribution is 0.0519. The molecule has 2 N–H and O–H groups in total. The van der Waals surface area contributed by atoms with E-state index >= 15 is 0 Å². The van der Waals surface area contributed by atoms with Gasteiger partial charge in [0.15, 0.2) is 0 Å². The first-order chi connectivity index (χ1) is 19.6. The molecule has 0 bridgehead atoms. The minimum Gasteiger partial charge on any atom is -0.493 e. The average Bonchev–Trinajstić information content (AvgIpc) is 3.51. The highest BCUT2D eigenvalue weighted by Gasteiger charge is 2.24. The number of fused-ring (bicyclic) bond motifs is 2. The smallest absolute Gasteiger partial charge is 0.355 e. The molecule has 0 radical (unpaired) electrons. The fraction of sp³-hybridized carbons (Fsp3) is 0.312. The second-order valence-corrected chi connectivity index (χ2v) is 9.64. The molecule has 8 nitrogen and oxygen atoms in total. The molecule has 5 rings (SSSR count). The highest BCUT2D eigenvalue weighted by Crippen LogP contribution is 2.36. The summed E-state index contributed by atoms with van der Waals surface area (Å²) in [5.74, 6) is 0.465. The number of nitrogens with one attached hydrogen (secondary N) is 1. The monoisotopic (exact) mass is 541 g/mol. The van der Waals surface area contributed by atoms with Gasteiger partial charge in [-0.15, -0.1) is 0 Å². The van der Waals surface area contributed by atoms with E-state index in [-0.39, 0.29) is 19.2 Å². The minimum atomic E-state index is -0.385. The fourth-order valence-electron chi connectivity index (χ4n) is 5.34. The van der Waals surface area contributed by atoms with E-state index in [9.17, 15) is 9.90 Å². The van der Waals surface area contributed by atoms with Crippen molar-refractivity contribution >= 4 is 27.6 Å². The van der Waals surface area contributed by atoms with Crippen LogP contribution < -0.4 is 4.74 Å². The molecule has 0 amide bonds. The number of rotatable bonds is 12. The molecule has 5 aromatic rings. The molecule has 0 aliphatic carbocycles. The van der Waals surface area contributed by atoms with E-state index in [1.165, 1.54) is 0 Å². The largest absolute Gasteiger partial charge is 0.493 e. The number of para-hydroxylation sites is 1. The molecule has 0 aliphatic heterocycles. The summed E-state index contributed by atoms with van der Waals surface area (Å²) < 4.78 is 18.7. The second-order valence-electron chi connectivity index (χ2n) is 9.64. The van der Waals surface area contributed by atoms with Gasteiger partial charge in [0.25, 0.3) is 0 Å². The Bertz CT molecular complexity index is 1630. The molecule has 3 aromatic carbocycles. The standard InChI is InChI=1S/C32H35N3O5/c1-4-39-32(37)31-25(15-9-18-40-28-16-7-11-22-10-5-6-12-23(22)28)24-13-8-14-26(30(24)33-31)29-21(2)35(17-19-38-3)34-27(29)20-36/h5-8,10-14,16,33,36H,4,9,15,17-20H2,1-3H3. The van der Waals surface area contributed by atoms with Crippen LogP contribution in [0.25, 0.3) is 32.8 Å². The number of aliphatic hydroxyl groups is 1. The highest BCUT2D eigenvalue weighted by atomic mass is 16.5.